The minimum absolute atomic E-state index is 0.0666. The van der Waals surface area contributed by atoms with Gasteiger partial charge in [0.2, 0.25) is 0 Å². The van der Waals surface area contributed by atoms with Gasteiger partial charge in [-0.05, 0) is 43.7 Å². The molecule has 1 heterocycles. The van der Waals surface area contributed by atoms with E-state index in [4.69, 9.17) is 13.7 Å². The van der Waals surface area contributed by atoms with Gasteiger partial charge in [-0.3, -0.25) is 4.55 Å². The third kappa shape index (κ3) is 4.91. The van der Waals surface area contributed by atoms with Crippen LogP contribution in [0, 0.1) is 13.8 Å². The van der Waals surface area contributed by atoms with Crippen LogP contribution in [0.5, 0.6) is 5.75 Å². The highest BCUT2D eigenvalue weighted by molar-refractivity contribution is 7.85. The van der Waals surface area contributed by atoms with E-state index in [0.29, 0.717) is 11.3 Å². The fourth-order valence-corrected chi connectivity index (χ4v) is 2.62. The number of benzene rings is 2. The molecule has 3 aromatic rings. The van der Waals surface area contributed by atoms with E-state index in [-0.39, 0.29) is 10.5 Å². The Morgan fingerprint density at radius 2 is 1.64 bits per heavy atom. The molecule has 0 saturated heterocycles. The van der Waals surface area contributed by atoms with E-state index in [9.17, 15) is 13.2 Å². The van der Waals surface area contributed by atoms with Crippen molar-refractivity contribution in [1.82, 2.24) is 0 Å². The van der Waals surface area contributed by atoms with E-state index in [2.05, 4.69) is 0 Å². The van der Waals surface area contributed by atoms with Gasteiger partial charge >= 0.3 is 5.63 Å². The van der Waals surface area contributed by atoms with Gasteiger partial charge in [0, 0.05) is 17.5 Å². The van der Waals surface area contributed by atoms with E-state index >= 15 is 0 Å². The van der Waals surface area contributed by atoms with Crippen LogP contribution in [0.3, 0.4) is 0 Å². The first-order valence-corrected chi connectivity index (χ1v) is 8.77. The SMILES string of the molecule is COc1ccc2c(C)cc(=O)oc2c1.Cc1ccc(S(=O)(=O)O)cc1. The Morgan fingerprint density at radius 3 is 2.20 bits per heavy atom. The van der Waals surface area contributed by atoms with E-state index in [1.54, 1.807) is 25.3 Å². The number of methoxy groups -OCH3 is 1. The summed E-state index contributed by atoms with van der Waals surface area (Å²) in [5, 5.41) is 0.936. The van der Waals surface area contributed by atoms with Crippen molar-refractivity contribution < 1.29 is 22.1 Å². The lowest BCUT2D eigenvalue weighted by Crippen LogP contribution is -1.97. The van der Waals surface area contributed by atoms with Crippen molar-refractivity contribution in [3.05, 3.63) is 70.1 Å². The van der Waals surface area contributed by atoms with E-state index < -0.39 is 10.1 Å². The molecule has 0 spiro atoms. The predicted molar refractivity (Wildman–Crippen MR) is 94.8 cm³/mol. The summed E-state index contributed by atoms with van der Waals surface area (Å²) in [4.78, 5) is 11.0. The van der Waals surface area contributed by atoms with Crippen molar-refractivity contribution in [3.63, 3.8) is 0 Å². The van der Waals surface area contributed by atoms with E-state index in [0.717, 1.165) is 16.5 Å². The summed E-state index contributed by atoms with van der Waals surface area (Å²) in [6, 6.07) is 12.9. The molecule has 7 heteroatoms. The van der Waals surface area contributed by atoms with Crippen LogP contribution in [0.2, 0.25) is 0 Å². The molecule has 0 radical (unpaired) electrons. The van der Waals surface area contributed by atoms with E-state index in [1.807, 2.05) is 26.0 Å². The molecule has 0 atom stereocenters. The first-order chi connectivity index (χ1) is 11.7. The Balaban J connectivity index is 0.000000186. The summed E-state index contributed by atoms with van der Waals surface area (Å²) in [5.41, 5.74) is 2.11. The highest BCUT2D eigenvalue weighted by Gasteiger charge is 2.06. The smallest absolute Gasteiger partial charge is 0.336 e. The molecule has 0 bridgehead atoms. The molecule has 0 aliphatic carbocycles. The van der Waals surface area contributed by atoms with Gasteiger partial charge in [0.05, 0.1) is 12.0 Å². The molecule has 3 rings (SSSR count). The lowest BCUT2D eigenvalue weighted by Gasteiger charge is -2.02. The molecule has 0 aliphatic heterocycles. The van der Waals surface area contributed by atoms with Crippen LogP contribution >= 0.6 is 0 Å². The molecule has 132 valence electrons. The van der Waals surface area contributed by atoms with Gasteiger partial charge < -0.3 is 9.15 Å². The third-order valence-electron chi connectivity index (χ3n) is 3.48. The molecule has 0 unspecified atom stereocenters. The Morgan fingerprint density at radius 1 is 1.00 bits per heavy atom. The van der Waals surface area contributed by atoms with Gasteiger partial charge in [-0.1, -0.05) is 17.7 Å². The summed E-state index contributed by atoms with van der Waals surface area (Å²) in [6.45, 7) is 3.72. The summed E-state index contributed by atoms with van der Waals surface area (Å²) in [5.74, 6) is 0.686. The van der Waals surface area contributed by atoms with Crippen LogP contribution in [0.4, 0.5) is 0 Å². The van der Waals surface area contributed by atoms with Crippen molar-refractivity contribution in [2.75, 3.05) is 7.11 Å². The molecule has 0 aliphatic rings. The monoisotopic (exact) mass is 362 g/mol. The predicted octanol–water partition coefficient (Wildman–Crippen LogP) is 3.35. The molecule has 2 aromatic carbocycles. The normalized spacial score (nSPS) is 10.9. The standard InChI is InChI=1S/C11H10O3.C7H8O3S/c1-7-5-11(12)14-10-6-8(13-2)3-4-9(7)10;1-6-2-4-7(5-3-6)11(8,9)10/h3-6H,1-2H3;2-5H,1H3,(H,8,9,10). The number of ether oxygens (including phenoxy) is 1. The largest absolute Gasteiger partial charge is 0.497 e. The molecule has 0 fully saturated rings. The minimum Gasteiger partial charge on any atom is -0.497 e. The Hall–Kier alpha value is -2.64. The maximum atomic E-state index is 11.1. The second-order valence-corrected chi connectivity index (χ2v) is 6.82. The topological polar surface area (TPSA) is 93.8 Å². The second-order valence-electron chi connectivity index (χ2n) is 5.40. The summed E-state index contributed by atoms with van der Waals surface area (Å²) < 4.78 is 39.6. The van der Waals surface area contributed by atoms with Crippen molar-refractivity contribution >= 4 is 21.1 Å². The van der Waals surface area contributed by atoms with Crippen molar-refractivity contribution in [1.29, 1.82) is 0 Å². The Bertz CT molecular complexity index is 1030. The van der Waals surface area contributed by atoms with Crippen LogP contribution in [0.15, 0.2) is 62.6 Å². The van der Waals surface area contributed by atoms with Crippen LogP contribution < -0.4 is 10.4 Å². The van der Waals surface area contributed by atoms with Gasteiger partial charge in [-0.2, -0.15) is 8.42 Å². The number of hydrogen-bond donors (Lipinski definition) is 1. The number of fused-ring (bicyclic) bond motifs is 1. The van der Waals surface area contributed by atoms with E-state index in [1.165, 1.54) is 18.2 Å². The van der Waals surface area contributed by atoms with Gasteiger partial charge in [-0.15, -0.1) is 0 Å². The zero-order chi connectivity index (χ0) is 18.6. The maximum absolute atomic E-state index is 11.1. The summed E-state index contributed by atoms with van der Waals surface area (Å²) >= 11 is 0. The second kappa shape index (κ2) is 7.50. The quantitative estimate of drug-likeness (QED) is 0.555. The van der Waals surface area contributed by atoms with Gasteiger partial charge in [0.25, 0.3) is 10.1 Å². The van der Waals surface area contributed by atoms with Gasteiger partial charge in [0.15, 0.2) is 0 Å². The molecular weight excluding hydrogens is 344 g/mol. The molecule has 6 nitrogen and oxygen atoms in total. The molecule has 1 N–H and O–H groups in total. The zero-order valence-corrected chi connectivity index (χ0v) is 14.8. The molecule has 25 heavy (non-hydrogen) atoms. The summed E-state index contributed by atoms with van der Waals surface area (Å²) in [6.07, 6.45) is 0. The molecule has 0 saturated carbocycles. The van der Waals surface area contributed by atoms with Crippen LogP contribution in [-0.2, 0) is 10.1 Å². The first-order valence-electron chi connectivity index (χ1n) is 7.33. The number of rotatable bonds is 2. The molecular formula is C18H18O6S. The van der Waals surface area contributed by atoms with Crippen LogP contribution in [-0.4, -0.2) is 20.1 Å². The summed E-state index contributed by atoms with van der Waals surface area (Å²) in [7, 11) is -2.44. The highest BCUT2D eigenvalue weighted by atomic mass is 32.2. The fraction of sp³-hybridized carbons (Fsp3) is 0.167. The minimum atomic E-state index is -4.02. The third-order valence-corrected chi connectivity index (χ3v) is 4.35. The van der Waals surface area contributed by atoms with Crippen LogP contribution in [0.25, 0.3) is 11.0 Å². The average Bonchev–Trinajstić information content (AvgIpc) is 2.54. The van der Waals surface area contributed by atoms with Crippen molar-refractivity contribution in [2.24, 2.45) is 0 Å². The van der Waals surface area contributed by atoms with Gasteiger partial charge in [0.1, 0.15) is 11.3 Å². The molecule has 1 aromatic heterocycles. The maximum Gasteiger partial charge on any atom is 0.336 e. The van der Waals surface area contributed by atoms with Crippen LogP contribution in [0.1, 0.15) is 11.1 Å². The lowest BCUT2D eigenvalue weighted by molar-refractivity contribution is 0.414. The zero-order valence-electron chi connectivity index (χ0n) is 14.0. The van der Waals surface area contributed by atoms with Crippen molar-refractivity contribution in [3.8, 4) is 5.75 Å². The molecule has 0 amide bonds. The average molecular weight is 362 g/mol. The lowest BCUT2D eigenvalue weighted by atomic mass is 10.1. The highest BCUT2D eigenvalue weighted by Crippen LogP contribution is 2.21. The Kier molecular flexibility index (Phi) is 5.61. The Labute approximate surface area is 145 Å². The van der Waals surface area contributed by atoms with Crippen molar-refractivity contribution in [2.45, 2.75) is 18.7 Å². The first kappa shape index (κ1) is 18.7. The number of hydrogen-bond acceptors (Lipinski definition) is 5. The van der Waals surface area contributed by atoms with Gasteiger partial charge in [-0.25, -0.2) is 4.79 Å². The fourth-order valence-electron chi connectivity index (χ4n) is 2.14. The number of aryl methyl sites for hydroxylation is 2.